The first-order valence-electron chi connectivity index (χ1n) is 5.02. The highest BCUT2D eigenvalue weighted by Gasteiger charge is 2.09. The predicted molar refractivity (Wildman–Crippen MR) is 51.9 cm³/mol. The molecule has 1 rings (SSSR count). The van der Waals surface area contributed by atoms with E-state index in [0.717, 1.165) is 6.04 Å². The fourth-order valence-corrected chi connectivity index (χ4v) is 1.39. The van der Waals surface area contributed by atoms with Gasteiger partial charge in [-0.05, 0) is 19.9 Å². The molecule has 0 amide bonds. The Morgan fingerprint density at radius 3 is 1.82 bits per heavy atom. The van der Waals surface area contributed by atoms with E-state index in [1.165, 1.54) is 38.5 Å². The third-order valence-electron chi connectivity index (χ3n) is 2.01. The van der Waals surface area contributed by atoms with Crippen molar-refractivity contribution in [3.8, 4) is 0 Å². The van der Waals surface area contributed by atoms with Gasteiger partial charge in [0.2, 0.25) is 0 Å². The van der Waals surface area contributed by atoms with Crippen molar-refractivity contribution in [3.05, 3.63) is 0 Å². The van der Waals surface area contributed by atoms with Gasteiger partial charge in [0.25, 0.3) is 0 Å². The van der Waals surface area contributed by atoms with E-state index in [0.29, 0.717) is 0 Å². The molecule has 1 N–H and O–H groups in total. The summed E-state index contributed by atoms with van der Waals surface area (Å²) in [6, 6.07) is 0.837. The summed E-state index contributed by atoms with van der Waals surface area (Å²) in [7, 11) is 2.07. The molecule has 1 heteroatoms. The molecule has 1 nitrogen and oxygen atoms in total. The maximum absolute atomic E-state index is 3.30. The van der Waals surface area contributed by atoms with Gasteiger partial charge in [-0.2, -0.15) is 0 Å². The summed E-state index contributed by atoms with van der Waals surface area (Å²) in [6.45, 7) is 4.25. The molecule has 0 unspecified atom stereocenters. The fourth-order valence-electron chi connectivity index (χ4n) is 1.39. The zero-order valence-corrected chi connectivity index (χ0v) is 8.32. The Morgan fingerprint density at radius 1 is 1.09 bits per heavy atom. The van der Waals surface area contributed by atoms with Crippen molar-refractivity contribution in [2.45, 2.75) is 58.4 Å². The summed E-state index contributed by atoms with van der Waals surface area (Å²) in [6.07, 6.45) is 8.38. The third-order valence-corrected chi connectivity index (χ3v) is 2.01. The number of nitrogens with one attached hydrogen (secondary N) is 1. The van der Waals surface area contributed by atoms with Gasteiger partial charge in [0.1, 0.15) is 0 Å². The topological polar surface area (TPSA) is 12.0 Å². The molecule has 1 aliphatic carbocycles. The maximum Gasteiger partial charge on any atom is 0.00640 e. The van der Waals surface area contributed by atoms with Gasteiger partial charge in [0.15, 0.2) is 0 Å². The van der Waals surface area contributed by atoms with E-state index in [1.807, 2.05) is 0 Å². The first-order chi connectivity index (χ1) is 5.35. The molecule has 11 heavy (non-hydrogen) atoms. The molecule has 0 spiro atoms. The van der Waals surface area contributed by atoms with Crippen LogP contribution in [0, 0.1) is 0 Å². The highest BCUT2D eigenvalue weighted by molar-refractivity contribution is 4.68. The minimum Gasteiger partial charge on any atom is -0.317 e. The first-order valence-corrected chi connectivity index (χ1v) is 5.02. The van der Waals surface area contributed by atoms with Gasteiger partial charge in [-0.15, -0.1) is 0 Å². The van der Waals surface area contributed by atoms with Crippen molar-refractivity contribution >= 4 is 0 Å². The molecule has 0 aromatic carbocycles. The molecular formula is C10H23N. The summed E-state index contributed by atoms with van der Waals surface area (Å²) in [5, 5.41) is 3.30. The van der Waals surface area contributed by atoms with E-state index in [2.05, 4.69) is 26.2 Å². The van der Waals surface area contributed by atoms with Gasteiger partial charge in [-0.3, -0.25) is 0 Å². The van der Waals surface area contributed by atoms with E-state index >= 15 is 0 Å². The smallest absolute Gasteiger partial charge is 0.00640 e. The second kappa shape index (κ2) is 8.06. The van der Waals surface area contributed by atoms with Crippen LogP contribution in [0.15, 0.2) is 0 Å². The Kier molecular flexibility index (Phi) is 8.03. The fraction of sp³-hybridized carbons (Fsp3) is 1.00. The van der Waals surface area contributed by atoms with E-state index in [9.17, 15) is 0 Å². The van der Waals surface area contributed by atoms with Gasteiger partial charge in [0.05, 0.1) is 0 Å². The van der Waals surface area contributed by atoms with E-state index in [-0.39, 0.29) is 0 Å². The van der Waals surface area contributed by atoms with Crippen LogP contribution in [-0.2, 0) is 0 Å². The molecule has 1 fully saturated rings. The van der Waals surface area contributed by atoms with Crippen molar-refractivity contribution < 1.29 is 0 Å². The van der Waals surface area contributed by atoms with Crippen molar-refractivity contribution in [3.63, 3.8) is 0 Å². The Balaban J connectivity index is 0.000000292. The zero-order valence-electron chi connectivity index (χ0n) is 8.32. The van der Waals surface area contributed by atoms with E-state index < -0.39 is 0 Å². The Morgan fingerprint density at radius 2 is 1.55 bits per heavy atom. The van der Waals surface area contributed by atoms with Crippen LogP contribution in [0.25, 0.3) is 0 Å². The van der Waals surface area contributed by atoms with Crippen molar-refractivity contribution in [2.24, 2.45) is 0 Å². The van der Waals surface area contributed by atoms with Crippen molar-refractivity contribution in [1.82, 2.24) is 5.32 Å². The molecule has 0 aromatic rings. The molecule has 0 aromatic heterocycles. The van der Waals surface area contributed by atoms with E-state index in [1.54, 1.807) is 0 Å². The summed E-state index contributed by atoms with van der Waals surface area (Å²) in [4.78, 5) is 0. The standard InChI is InChI=1S/C7H15N.C3H8/c1-8-7-5-3-2-4-6-7;1-3-2/h7-8H,2-6H2,1H3;3H2,1-2H3. The molecule has 0 radical (unpaired) electrons. The highest BCUT2D eigenvalue weighted by atomic mass is 14.9. The Labute approximate surface area is 71.6 Å². The molecule has 1 saturated carbocycles. The SMILES string of the molecule is CCC.CNC1CCCCC1. The lowest BCUT2D eigenvalue weighted by Gasteiger charge is -2.20. The largest absolute Gasteiger partial charge is 0.317 e. The van der Waals surface area contributed by atoms with Crippen LogP contribution in [0.2, 0.25) is 0 Å². The van der Waals surface area contributed by atoms with Crippen LogP contribution in [0.1, 0.15) is 52.4 Å². The van der Waals surface area contributed by atoms with Gasteiger partial charge in [-0.25, -0.2) is 0 Å². The second-order valence-electron chi connectivity index (χ2n) is 3.33. The van der Waals surface area contributed by atoms with Crippen molar-refractivity contribution in [2.75, 3.05) is 7.05 Å². The number of hydrogen-bond acceptors (Lipinski definition) is 1. The molecule has 1 aliphatic rings. The average molecular weight is 157 g/mol. The van der Waals surface area contributed by atoms with Crippen LogP contribution < -0.4 is 5.32 Å². The van der Waals surface area contributed by atoms with Crippen molar-refractivity contribution in [1.29, 1.82) is 0 Å². The molecule has 0 bridgehead atoms. The Hall–Kier alpha value is -0.0400. The highest BCUT2D eigenvalue weighted by Crippen LogP contribution is 2.16. The maximum atomic E-state index is 3.30. The van der Waals surface area contributed by atoms with E-state index in [4.69, 9.17) is 0 Å². The zero-order chi connectivity index (χ0) is 8.53. The predicted octanol–water partition coefficient (Wildman–Crippen LogP) is 2.95. The number of hydrogen-bond donors (Lipinski definition) is 1. The monoisotopic (exact) mass is 157 g/mol. The second-order valence-corrected chi connectivity index (χ2v) is 3.33. The van der Waals surface area contributed by atoms with Crippen LogP contribution in [0.5, 0.6) is 0 Å². The molecule has 0 aliphatic heterocycles. The van der Waals surface area contributed by atoms with Crippen LogP contribution in [-0.4, -0.2) is 13.1 Å². The van der Waals surface area contributed by atoms with Crippen LogP contribution in [0.3, 0.4) is 0 Å². The lowest BCUT2D eigenvalue weighted by molar-refractivity contribution is 0.394. The average Bonchev–Trinajstić information content (AvgIpc) is 2.08. The molecule has 0 saturated heterocycles. The summed E-state index contributed by atoms with van der Waals surface area (Å²) in [5.74, 6) is 0. The third kappa shape index (κ3) is 6.36. The Bertz CT molecular complexity index is 65.3. The minimum atomic E-state index is 0.837. The molecular weight excluding hydrogens is 134 g/mol. The van der Waals surface area contributed by atoms with Crippen LogP contribution in [0.4, 0.5) is 0 Å². The normalized spacial score (nSPS) is 18.8. The van der Waals surface area contributed by atoms with Gasteiger partial charge in [-0.1, -0.05) is 39.5 Å². The summed E-state index contributed by atoms with van der Waals surface area (Å²) in [5.41, 5.74) is 0. The molecule has 0 heterocycles. The quantitative estimate of drug-likeness (QED) is 0.617. The number of rotatable bonds is 1. The first kappa shape index (κ1) is 11.0. The lowest BCUT2D eigenvalue weighted by Crippen LogP contribution is -2.26. The minimum absolute atomic E-state index is 0.837. The summed E-state index contributed by atoms with van der Waals surface area (Å²) < 4.78 is 0. The molecule has 68 valence electrons. The molecule has 0 atom stereocenters. The van der Waals surface area contributed by atoms with Gasteiger partial charge >= 0.3 is 0 Å². The summed E-state index contributed by atoms with van der Waals surface area (Å²) >= 11 is 0. The van der Waals surface area contributed by atoms with Crippen LogP contribution >= 0.6 is 0 Å². The lowest BCUT2D eigenvalue weighted by atomic mass is 9.96. The van der Waals surface area contributed by atoms with Gasteiger partial charge < -0.3 is 5.32 Å². The van der Waals surface area contributed by atoms with Gasteiger partial charge in [0, 0.05) is 6.04 Å².